The topological polar surface area (TPSA) is 69.6 Å². The molecule has 0 aromatic heterocycles. The monoisotopic (exact) mass is 308 g/mol. The molecule has 1 saturated heterocycles. The second kappa shape index (κ2) is 7.36. The molecule has 0 bridgehead atoms. The summed E-state index contributed by atoms with van der Waals surface area (Å²) in [6.07, 6.45) is 3.67. The summed E-state index contributed by atoms with van der Waals surface area (Å²) in [7, 11) is 0. The van der Waals surface area contributed by atoms with Crippen LogP contribution in [-0.2, 0) is 4.79 Å². The standard InChI is InChI=1S/C15H20N2O3S/c1-21-13-5-3-2-4-12(13)16-15(20)17-9-8-11(10-17)6-7-14(18)19/h2-5,11H,6-10H2,1H3,(H,16,20)(H,18,19). The Kier molecular flexibility index (Phi) is 5.50. The third-order valence-corrected chi connectivity index (χ3v) is 4.48. The van der Waals surface area contributed by atoms with E-state index in [4.69, 9.17) is 5.11 Å². The van der Waals surface area contributed by atoms with Gasteiger partial charge in [-0.05, 0) is 37.1 Å². The molecule has 0 saturated carbocycles. The number of thioether (sulfide) groups is 1. The number of nitrogens with zero attached hydrogens (tertiary/aromatic N) is 1. The zero-order valence-electron chi connectivity index (χ0n) is 12.0. The van der Waals surface area contributed by atoms with Gasteiger partial charge < -0.3 is 15.3 Å². The van der Waals surface area contributed by atoms with Crippen molar-refractivity contribution >= 4 is 29.4 Å². The fourth-order valence-corrected chi connectivity index (χ4v) is 3.08. The summed E-state index contributed by atoms with van der Waals surface area (Å²) >= 11 is 1.59. The Morgan fingerprint density at radius 2 is 2.19 bits per heavy atom. The van der Waals surface area contributed by atoms with Crippen molar-refractivity contribution in [2.24, 2.45) is 5.92 Å². The Labute approximate surface area is 128 Å². The Balaban J connectivity index is 1.88. The number of carbonyl (C=O) groups is 2. The van der Waals surface area contributed by atoms with Gasteiger partial charge in [-0.15, -0.1) is 11.8 Å². The van der Waals surface area contributed by atoms with E-state index in [2.05, 4.69) is 5.32 Å². The lowest BCUT2D eigenvalue weighted by Gasteiger charge is -2.18. The number of carbonyl (C=O) groups excluding carboxylic acids is 1. The first kappa shape index (κ1) is 15.7. The lowest BCUT2D eigenvalue weighted by Crippen LogP contribution is -2.33. The van der Waals surface area contributed by atoms with Gasteiger partial charge in [-0.1, -0.05) is 12.1 Å². The Morgan fingerprint density at radius 3 is 2.90 bits per heavy atom. The molecule has 6 heteroatoms. The highest BCUT2D eigenvalue weighted by Crippen LogP contribution is 2.26. The molecule has 2 amide bonds. The highest BCUT2D eigenvalue weighted by atomic mass is 32.2. The molecule has 1 unspecified atom stereocenters. The summed E-state index contributed by atoms with van der Waals surface area (Å²) in [6, 6.07) is 7.60. The lowest BCUT2D eigenvalue weighted by molar-refractivity contribution is -0.137. The molecule has 2 N–H and O–H groups in total. The van der Waals surface area contributed by atoms with E-state index in [9.17, 15) is 9.59 Å². The van der Waals surface area contributed by atoms with Crippen LogP contribution in [0.4, 0.5) is 10.5 Å². The predicted molar refractivity (Wildman–Crippen MR) is 83.8 cm³/mol. The molecule has 114 valence electrons. The van der Waals surface area contributed by atoms with Gasteiger partial charge in [0.2, 0.25) is 0 Å². The smallest absolute Gasteiger partial charge is 0.321 e. The second-order valence-electron chi connectivity index (χ2n) is 5.16. The number of benzene rings is 1. The van der Waals surface area contributed by atoms with Gasteiger partial charge in [-0.3, -0.25) is 4.79 Å². The van der Waals surface area contributed by atoms with Crippen LogP contribution in [0.1, 0.15) is 19.3 Å². The van der Waals surface area contributed by atoms with E-state index in [1.54, 1.807) is 16.7 Å². The lowest BCUT2D eigenvalue weighted by atomic mass is 10.0. The Hall–Kier alpha value is -1.69. The quantitative estimate of drug-likeness (QED) is 0.820. The average Bonchev–Trinajstić information content (AvgIpc) is 2.94. The molecule has 2 rings (SSSR count). The highest BCUT2D eigenvalue weighted by Gasteiger charge is 2.26. The summed E-state index contributed by atoms with van der Waals surface area (Å²) in [4.78, 5) is 25.6. The number of likely N-dealkylation sites (tertiary alicyclic amines) is 1. The molecule has 1 aromatic carbocycles. The number of nitrogens with one attached hydrogen (secondary N) is 1. The Morgan fingerprint density at radius 1 is 1.43 bits per heavy atom. The van der Waals surface area contributed by atoms with E-state index in [1.807, 2.05) is 30.5 Å². The van der Waals surface area contributed by atoms with E-state index < -0.39 is 5.97 Å². The maximum atomic E-state index is 12.3. The fourth-order valence-electron chi connectivity index (χ4n) is 2.52. The van der Waals surface area contributed by atoms with Gasteiger partial charge in [0.1, 0.15) is 0 Å². The van der Waals surface area contributed by atoms with Gasteiger partial charge in [-0.2, -0.15) is 0 Å². The number of aliphatic carboxylic acids is 1. The highest BCUT2D eigenvalue weighted by molar-refractivity contribution is 7.98. The number of para-hydroxylation sites is 1. The number of anilines is 1. The van der Waals surface area contributed by atoms with E-state index in [1.165, 1.54) is 0 Å². The van der Waals surface area contributed by atoms with E-state index in [-0.39, 0.29) is 12.5 Å². The predicted octanol–water partition coefficient (Wildman–Crippen LogP) is 3.13. The molecule has 1 aromatic rings. The summed E-state index contributed by atoms with van der Waals surface area (Å²) in [6.45, 7) is 1.33. The third kappa shape index (κ3) is 4.39. The van der Waals surface area contributed by atoms with Crippen molar-refractivity contribution in [3.63, 3.8) is 0 Å². The first-order chi connectivity index (χ1) is 10.1. The zero-order valence-corrected chi connectivity index (χ0v) is 12.9. The molecule has 1 aliphatic rings. The molecule has 5 nitrogen and oxygen atoms in total. The summed E-state index contributed by atoms with van der Waals surface area (Å²) < 4.78 is 0. The van der Waals surface area contributed by atoms with Crippen LogP contribution >= 0.6 is 11.8 Å². The van der Waals surface area contributed by atoms with Crippen LogP contribution < -0.4 is 5.32 Å². The van der Waals surface area contributed by atoms with Gasteiger partial charge >= 0.3 is 12.0 Å². The largest absolute Gasteiger partial charge is 0.481 e. The van der Waals surface area contributed by atoms with E-state index in [0.29, 0.717) is 25.4 Å². The van der Waals surface area contributed by atoms with E-state index in [0.717, 1.165) is 17.0 Å². The van der Waals surface area contributed by atoms with Crippen molar-refractivity contribution in [1.82, 2.24) is 4.90 Å². The van der Waals surface area contributed by atoms with E-state index >= 15 is 0 Å². The molecule has 1 atom stereocenters. The number of carboxylic acid groups (broad SMARTS) is 1. The molecule has 0 spiro atoms. The van der Waals surface area contributed by atoms with Crippen molar-refractivity contribution in [1.29, 1.82) is 0 Å². The summed E-state index contributed by atoms with van der Waals surface area (Å²) in [5.74, 6) is -0.477. The third-order valence-electron chi connectivity index (χ3n) is 3.69. The van der Waals surface area contributed by atoms with Gasteiger partial charge in [0, 0.05) is 24.4 Å². The SMILES string of the molecule is CSc1ccccc1NC(=O)N1CCC(CCC(=O)O)C1. The number of amides is 2. The normalized spacial score (nSPS) is 17.8. The molecule has 1 fully saturated rings. The molecule has 0 radical (unpaired) electrons. The number of rotatable bonds is 5. The first-order valence-electron chi connectivity index (χ1n) is 7.01. The molecular weight excluding hydrogens is 288 g/mol. The summed E-state index contributed by atoms with van der Waals surface area (Å²) in [5, 5.41) is 11.6. The second-order valence-corrected chi connectivity index (χ2v) is 6.01. The maximum Gasteiger partial charge on any atom is 0.321 e. The van der Waals surface area contributed by atoms with Crippen molar-refractivity contribution in [3.8, 4) is 0 Å². The number of hydrogen-bond acceptors (Lipinski definition) is 3. The number of urea groups is 1. The van der Waals surface area contributed by atoms with Crippen LogP contribution in [0.3, 0.4) is 0 Å². The molecular formula is C15H20N2O3S. The number of hydrogen-bond donors (Lipinski definition) is 2. The van der Waals surface area contributed by atoms with Crippen LogP contribution in [0, 0.1) is 5.92 Å². The maximum absolute atomic E-state index is 12.3. The fraction of sp³-hybridized carbons (Fsp3) is 0.467. The molecule has 0 aliphatic carbocycles. The van der Waals surface area contributed by atoms with Crippen molar-refractivity contribution in [2.75, 3.05) is 24.7 Å². The Bertz CT molecular complexity index is 521. The van der Waals surface area contributed by atoms with Crippen LogP contribution in [-0.4, -0.2) is 41.4 Å². The zero-order chi connectivity index (χ0) is 15.2. The summed E-state index contributed by atoms with van der Waals surface area (Å²) in [5.41, 5.74) is 0.823. The first-order valence-corrected chi connectivity index (χ1v) is 8.23. The van der Waals surface area contributed by atoms with Crippen LogP contribution in [0.2, 0.25) is 0 Å². The van der Waals surface area contributed by atoms with Gasteiger partial charge in [0.05, 0.1) is 5.69 Å². The molecule has 1 aliphatic heterocycles. The minimum Gasteiger partial charge on any atom is -0.481 e. The van der Waals surface area contributed by atoms with Crippen molar-refractivity contribution < 1.29 is 14.7 Å². The average molecular weight is 308 g/mol. The molecule has 21 heavy (non-hydrogen) atoms. The minimum atomic E-state index is -0.771. The molecule has 1 heterocycles. The van der Waals surface area contributed by atoms with Gasteiger partial charge in [-0.25, -0.2) is 4.79 Å². The van der Waals surface area contributed by atoms with Crippen LogP contribution in [0.25, 0.3) is 0 Å². The van der Waals surface area contributed by atoms with Crippen molar-refractivity contribution in [2.45, 2.75) is 24.2 Å². The van der Waals surface area contributed by atoms with Crippen molar-refractivity contribution in [3.05, 3.63) is 24.3 Å². The number of carboxylic acids is 1. The van der Waals surface area contributed by atoms with Gasteiger partial charge in [0.25, 0.3) is 0 Å². The minimum absolute atomic E-state index is 0.102. The van der Waals surface area contributed by atoms with Crippen LogP contribution in [0.5, 0.6) is 0 Å². The van der Waals surface area contributed by atoms with Crippen LogP contribution in [0.15, 0.2) is 29.2 Å². The van der Waals surface area contributed by atoms with Gasteiger partial charge in [0.15, 0.2) is 0 Å².